The first-order valence-corrected chi connectivity index (χ1v) is 9.32. The maximum atomic E-state index is 11.3. The number of aliphatic carboxylic acids is 2. The molecular weight excluding hydrogens is 370 g/mol. The van der Waals surface area contributed by atoms with Crippen LogP contribution in [0.2, 0.25) is 0 Å². The summed E-state index contributed by atoms with van der Waals surface area (Å²) in [6.07, 6.45) is 3.95. The van der Waals surface area contributed by atoms with Crippen LogP contribution in [-0.4, -0.2) is 28.1 Å². The van der Waals surface area contributed by atoms with E-state index in [4.69, 9.17) is 10.2 Å². The standard InChI is InChI=1S/C12H13NO3.C11H12O2/c1-8-3-4-10(7-9(8)2)13-11(14)5-6-12(15)16;12-11(13)7-8-5-9-3-1-2-4-10(9)6-8/h3-7H,1-2H3,(H,13,14)(H,15,16);1-4,8H,5-7H2,(H,12,13)/b6-5-;. The number of aryl methyl sites for hydroxylation is 2. The van der Waals surface area contributed by atoms with Crippen molar-refractivity contribution >= 4 is 23.5 Å². The number of carbonyl (C=O) groups excluding carboxylic acids is 1. The van der Waals surface area contributed by atoms with E-state index in [0.717, 1.165) is 36.1 Å². The van der Waals surface area contributed by atoms with Crippen molar-refractivity contribution in [2.45, 2.75) is 33.1 Å². The van der Waals surface area contributed by atoms with Crippen molar-refractivity contribution in [3.63, 3.8) is 0 Å². The topological polar surface area (TPSA) is 104 Å². The van der Waals surface area contributed by atoms with Crippen LogP contribution in [0.25, 0.3) is 0 Å². The molecule has 1 aliphatic rings. The lowest BCUT2D eigenvalue weighted by atomic mass is 10.0. The number of rotatable bonds is 5. The van der Waals surface area contributed by atoms with Gasteiger partial charge in [0.25, 0.3) is 0 Å². The number of hydrogen-bond donors (Lipinski definition) is 3. The van der Waals surface area contributed by atoms with Gasteiger partial charge in [0.2, 0.25) is 5.91 Å². The van der Waals surface area contributed by atoms with Gasteiger partial charge in [-0.3, -0.25) is 9.59 Å². The monoisotopic (exact) mass is 395 g/mol. The number of carboxylic acid groups (broad SMARTS) is 2. The molecule has 3 rings (SSSR count). The molecule has 29 heavy (non-hydrogen) atoms. The molecule has 152 valence electrons. The van der Waals surface area contributed by atoms with E-state index in [1.165, 1.54) is 11.1 Å². The van der Waals surface area contributed by atoms with Crippen molar-refractivity contribution < 1.29 is 24.6 Å². The van der Waals surface area contributed by atoms with Gasteiger partial charge in [0, 0.05) is 24.3 Å². The molecule has 3 N–H and O–H groups in total. The van der Waals surface area contributed by atoms with Crippen LogP contribution in [0.1, 0.15) is 28.7 Å². The Hall–Kier alpha value is -3.41. The zero-order chi connectivity index (χ0) is 21.4. The highest BCUT2D eigenvalue weighted by atomic mass is 16.4. The van der Waals surface area contributed by atoms with Crippen molar-refractivity contribution in [1.82, 2.24) is 0 Å². The maximum Gasteiger partial charge on any atom is 0.328 e. The molecule has 0 aromatic heterocycles. The number of hydrogen-bond acceptors (Lipinski definition) is 3. The quantitative estimate of drug-likeness (QED) is 0.669. The molecule has 1 amide bonds. The Morgan fingerprint density at radius 1 is 0.966 bits per heavy atom. The molecule has 6 heteroatoms. The summed E-state index contributed by atoms with van der Waals surface area (Å²) in [6, 6.07) is 13.7. The van der Waals surface area contributed by atoms with Crippen LogP contribution in [0.4, 0.5) is 5.69 Å². The first-order chi connectivity index (χ1) is 13.7. The molecule has 0 saturated carbocycles. The van der Waals surface area contributed by atoms with Crippen LogP contribution < -0.4 is 5.32 Å². The van der Waals surface area contributed by atoms with Crippen molar-refractivity contribution in [2.75, 3.05) is 5.32 Å². The minimum absolute atomic E-state index is 0.300. The van der Waals surface area contributed by atoms with Gasteiger partial charge in [0.15, 0.2) is 0 Å². The molecule has 0 bridgehead atoms. The number of fused-ring (bicyclic) bond motifs is 1. The predicted octanol–water partition coefficient (Wildman–Crippen LogP) is 3.76. The van der Waals surface area contributed by atoms with Crippen LogP contribution in [0.5, 0.6) is 0 Å². The summed E-state index contributed by atoms with van der Waals surface area (Å²) < 4.78 is 0. The Morgan fingerprint density at radius 2 is 1.59 bits per heavy atom. The van der Waals surface area contributed by atoms with Crippen molar-refractivity contribution in [3.8, 4) is 0 Å². The second kappa shape index (κ2) is 10.2. The summed E-state index contributed by atoms with van der Waals surface area (Å²) in [6.45, 7) is 3.92. The molecule has 0 heterocycles. The smallest absolute Gasteiger partial charge is 0.328 e. The third kappa shape index (κ3) is 7.25. The third-order valence-electron chi connectivity index (χ3n) is 4.75. The van der Waals surface area contributed by atoms with E-state index in [0.29, 0.717) is 18.0 Å². The number of carboxylic acids is 2. The van der Waals surface area contributed by atoms with E-state index >= 15 is 0 Å². The molecule has 2 aromatic rings. The second-order valence-corrected chi connectivity index (χ2v) is 7.10. The zero-order valence-corrected chi connectivity index (χ0v) is 16.5. The zero-order valence-electron chi connectivity index (χ0n) is 16.5. The normalized spacial score (nSPS) is 12.8. The largest absolute Gasteiger partial charge is 0.481 e. The molecule has 0 aliphatic heterocycles. The molecule has 2 aromatic carbocycles. The highest BCUT2D eigenvalue weighted by Crippen LogP contribution is 2.28. The lowest BCUT2D eigenvalue weighted by Gasteiger charge is -2.05. The van der Waals surface area contributed by atoms with E-state index in [2.05, 4.69) is 17.4 Å². The minimum atomic E-state index is -1.14. The Balaban J connectivity index is 0.000000211. The summed E-state index contributed by atoms with van der Waals surface area (Å²) in [7, 11) is 0. The first kappa shape index (κ1) is 21.9. The average molecular weight is 395 g/mol. The molecular formula is C23H25NO5. The van der Waals surface area contributed by atoms with Gasteiger partial charge >= 0.3 is 11.9 Å². The predicted molar refractivity (Wildman–Crippen MR) is 111 cm³/mol. The van der Waals surface area contributed by atoms with Crippen LogP contribution in [-0.2, 0) is 27.2 Å². The van der Waals surface area contributed by atoms with E-state index in [9.17, 15) is 14.4 Å². The number of carbonyl (C=O) groups is 3. The van der Waals surface area contributed by atoms with Crippen molar-refractivity contribution in [1.29, 1.82) is 0 Å². The summed E-state index contributed by atoms with van der Waals surface area (Å²) in [5.74, 6) is -1.96. The van der Waals surface area contributed by atoms with Gasteiger partial charge in [-0.25, -0.2) is 4.79 Å². The van der Waals surface area contributed by atoms with Gasteiger partial charge in [0.05, 0.1) is 0 Å². The van der Waals surface area contributed by atoms with Crippen LogP contribution >= 0.6 is 0 Å². The number of benzene rings is 2. The molecule has 1 aliphatic carbocycles. The van der Waals surface area contributed by atoms with E-state index in [1.807, 2.05) is 38.1 Å². The molecule has 0 saturated heterocycles. The van der Waals surface area contributed by atoms with E-state index in [-0.39, 0.29) is 0 Å². The molecule has 0 atom stereocenters. The lowest BCUT2D eigenvalue weighted by molar-refractivity contribution is -0.138. The third-order valence-corrected chi connectivity index (χ3v) is 4.75. The Kier molecular flexibility index (Phi) is 7.71. The van der Waals surface area contributed by atoms with E-state index < -0.39 is 17.8 Å². The minimum Gasteiger partial charge on any atom is -0.481 e. The SMILES string of the molecule is Cc1ccc(NC(=O)/C=C\C(=O)O)cc1C.O=C(O)CC1Cc2ccccc2C1. The Bertz CT molecular complexity index is 908. The maximum absolute atomic E-state index is 11.3. The highest BCUT2D eigenvalue weighted by Gasteiger charge is 2.22. The fourth-order valence-electron chi connectivity index (χ4n) is 3.19. The van der Waals surface area contributed by atoms with E-state index in [1.54, 1.807) is 6.07 Å². The summed E-state index contributed by atoms with van der Waals surface area (Å²) >= 11 is 0. The number of anilines is 1. The Morgan fingerprint density at radius 3 is 2.10 bits per heavy atom. The van der Waals surface area contributed by atoms with Gasteiger partial charge in [-0.15, -0.1) is 0 Å². The van der Waals surface area contributed by atoms with Crippen LogP contribution in [0, 0.1) is 19.8 Å². The van der Waals surface area contributed by atoms with Crippen LogP contribution in [0.15, 0.2) is 54.6 Å². The van der Waals surface area contributed by atoms with Crippen molar-refractivity contribution in [2.24, 2.45) is 5.92 Å². The summed E-state index contributed by atoms with van der Waals surface area (Å²) in [5, 5.41) is 19.6. The van der Waals surface area contributed by atoms with Crippen LogP contribution in [0.3, 0.4) is 0 Å². The fourth-order valence-corrected chi connectivity index (χ4v) is 3.19. The number of amides is 1. The van der Waals surface area contributed by atoms with Gasteiger partial charge in [-0.05, 0) is 67.0 Å². The first-order valence-electron chi connectivity index (χ1n) is 9.32. The fraction of sp³-hybridized carbons (Fsp3) is 0.261. The molecule has 0 fully saturated rings. The van der Waals surface area contributed by atoms with Crippen molar-refractivity contribution in [3.05, 3.63) is 76.9 Å². The van der Waals surface area contributed by atoms with Gasteiger partial charge in [-0.2, -0.15) is 0 Å². The molecule has 0 radical (unpaired) electrons. The van der Waals surface area contributed by atoms with Gasteiger partial charge < -0.3 is 15.5 Å². The molecule has 0 unspecified atom stereocenters. The lowest BCUT2D eigenvalue weighted by Crippen LogP contribution is -2.08. The van der Waals surface area contributed by atoms with Gasteiger partial charge in [-0.1, -0.05) is 30.3 Å². The van der Waals surface area contributed by atoms with Gasteiger partial charge in [0.1, 0.15) is 0 Å². The highest BCUT2D eigenvalue weighted by molar-refractivity contribution is 6.02. The average Bonchev–Trinajstić information content (AvgIpc) is 3.05. The Labute approximate surface area is 169 Å². The molecule has 0 spiro atoms. The number of nitrogens with one attached hydrogen (secondary N) is 1. The summed E-state index contributed by atoms with van der Waals surface area (Å²) in [4.78, 5) is 31.9. The summed E-state index contributed by atoms with van der Waals surface area (Å²) in [5.41, 5.74) is 5.52. The second-order valence-electron chi connectivity index (χ2n) is 7.10. The molecule has 6 nitrogen and oxygen atoms in total.